The quantitative estimate of drug-likeness (QED) is 0.562. The van der Waals surface area contributed by atoms with Gasteiger partial charge in [-0.15, -0.1) is 0 Å². The number of hydrogen-bond donors (Lipinski definition) is 0. The number of fused-ring (bicyclic) bond motifs is 1. The number of esters is 1. The van der Waals surface area contributed by atoms with Crippen LogP contribution in [0.25, 0.3) is 0 Å². The average Bonchev–Trinajstić information content (AvgIpc) is 3.09. The van der Waals surface area contributed by atoms with Crippen LogP contribution < -0.4 is 0 Å². The molecule has 0 N–H and O–H groups in total. The maximum absolute atomic E-state index is 12.6. The zero-order chi connectivity index (χ0) is 20.3. The Bertz CT molecular complexity index is 769. The van der Waals surface area contributed by atoms with Crippen molar-refractivity contribution in [3.05, 3.63) is 48.0 Å². The Labute approximate surface area is 169 Å². The second kappa shape index (κ2) is 8.16. The SMILES string of the molecule is COC(=O)C1(OC(=O)OCc2ccccc2)C=CC2OC3(CCCCC3)OC2C1. The second-order valence-corrected chi connectivity index (χ2v) is 7.78. The number of carbonyl (C=O) groups excluding carboxylic acids is 2. The van der Waals surface area contributed by atoms with Crippen LogP contribution in [0.5, 0.6) is 0 Å². The van der Waals surface area contributed by atoms with Crippen LogP contribution in [0, 0.1) is 0 Å². The van der Waals surface area contributed by atoms with Crippen LogP contribution in [0.4, 0.5) is 4.79 Å². The largest absolute Gasteiger partial charge is 0.510 e. The van der Waals surface area contributed by atoms with E-state index in [4.69, 9.17) is 23.7 Å². The summed E-state index contributed by atoms with van der Waals surface area (Å²) in [4.78, 5) is 24.9. The van der Waals surface area contributed by atoms with E-state index in [0.717, 1.165) is 31.2 Å². The Kier molecular flexibility index (Phi) is 5.61. The van der Waals surface area contributed by atoms with E-state index in [9.17, 15) is 9.59 Å². The molecule has 7 heteroatoms. The first-order valence-electron chi connectivity index (χ1n) is 10.1. The lowest BCUT2D eigenvalue weighted by Gasteiger charge is -2.33. The van der Waals surface area contributed by atoms with Gasteiger partial charge in [0.1, 0.15) is 12.7 Å². The maximum atomic E-state index is 12.6. The molecule has 0 amide bonds. The summed E-state index contributed by atoms with van der Waals surface area (Å²) in [5.41, 5.74) is -0.768. The molecular weight excluding hydrogens is 376 g/mol. The van der Waals surface area contributed by atoms with Crippen LogP contribution in [0.3, 0.4) is 0 Å². The molecule has 2 fully saturated rings. The Morgan fingerprint density at radius 3 is 2.59 bits per heavy atom. The van der Waals surface area contributed by atoms with E-state index >= 15 is 0 Å². The first-order chi connectivity index (χ1) is 14.0. The van der Waals surface area contributed by atoms with Crippen molar-refractivity contribution in [1.29, 1.82) is 0 Å². The predicted octanol–water partition coefficient (Wildman–Crippen LogP) is 3.66. The van der Waals surface area contributed by atoms with Crippen molar-refractivity contribution in [2.45, 2.75) is 68.7 Å². The molecule has 3 unspecified atom stereocenters. The first-order valence-corrected chi connectivity index (χ1v) is 10.1. The number of ether oxygens (including phenoxy) is 5. The fourth-order valence-corrected chi connectivity index (χ4v) is 4.30. The maximum Gasteiger partial charge on any atom is 0.510 e. The third-order valence-corrected chi connectivity index (χ3v) is 5.75. The lowest BCUT2D eigenvalue weighted by atomic mass is 9.87. The van der Waals surface area contributed by atoms with Crippen molar-refractivity contribution in [3.8, 4) is 0 Å². The van der Waals surface area contributed by atoms with Gasteiger partial charge in [-0.2, -0.15) is 0 Å². The summed E-state index contributed by atoms with van der Waals surface area (Å²) in [6.45, 7) is 0.0510. The van der Waals surface area contributed by atoms with Crippen molar-refractivity contribution in [3.63, 3.8) is 0 Å². The van der Waals surface area contributed by atoms with E-state index in [1.165, 1.54) is 19.6 Å². The fourth-order valence-electron chi connectivity index (χ4n) is 4.30. The van der Waals surface area contributed by atoms with Gasteiger partial charge >= 0.3 is 12.1 Å². The highest BCUT2D eigenvalue weighted by atomic mass is 16.8. The standard InChI is InChI=1S/C22H26O7/c1-25-19(23)21(29-20(24)26-15-16-8-4-2-5-9-16)13-10-17-18(14-21)28-22(27-17)11-6-3-7-12-22/h2,4-5,8-10,13,17-18H,3,6-7,11-12,14-15H2,1H3. The molecular formula is C22H26O7. The van der Waals surface area contributed by atoms with Gasteiger partial charge in [0.15, 0.2) is 5.79 Å². The van der Waals surface area contributed by atoms with Gasteiger partial charge in [0.25, 0.3) is 0 Å². The van der Waals surface area contributed by atoms with E-state index in [0.29, 0.717) is 0 Å². The van der Waals surface area contributed by atoms with Crippen LogP contribution in [0.2, 0.25) is 0 Å². The highest BCUT2D eigenvalue weighted by Gasteiger charge is 2.55. The van der Waals surface area contributed by atoms with Crippen molar-refractivity contribution < 1.29 is 33.3 Å². The van der Waals surface area contributed by atoms with Gasteiger partial charge in [-0.1, -0.05) is 42.8 Å². The van der Waals surface area contributed by atoms with Gasteiger partial charge in [-0.3, -0.25) is 0 Å². The molecule has 1 heterocycles. The molecule has 7 nitrogen and oxygen atoms in total. The zero-order valence-corrected chi connectivity index (χ0v) is 16.5. The average molecular weight is 402 g/mol. The van der Waals surface area contributed by atoms with Gasteiger partial charge in [0, 0.05) is 19.3 Å². The van der Waals surface area contributed by atoms with Crippen molar-refractivity contribution in [2.24, 2.45) is 0 Å². The molecule has 0 radical (unpaired) electrons. The third kappa shape index (κ3) is 4.16. The Balaban J connectivity index is 1.44. The fraction of sp³-hybridized carbons (Fsp3) is 0.545. The van der Waals surface area contributed by atoms with Gasteiger partial charge in [0.2, 0.25) is 5.60 Å². The number of rotatable bonds is 4. The van der Waals surface area contributed by atoms with Gasteiger partial charge in [0.05, 0.1) is 13.2 Å². The van der Waals surface area contributed by atoms with Crippen LogP contribution in [0.15, 0.2) is 42.5 Å². The molecule has 4 rings (SSSR count). The van der Waals surface area contributed by atoms with Crippen LogP contribution in [-0.4, -0.2) is 42.8 Å². The monoisotopic (exact) mass is 402 g/mol. The zero-order valence-electron chi connectivity index (χ0n) is 16.5. The van der Waals surface area contributed by atoms with Crippen LogP contribution >= 0.6 is 0 Å². The second-order valence-electron chi connectivity index (χ2n) is 7.78. The third-order valence-electron chi connectivity index (χ3n) is 5.75. The molecule has 3 atom stereocenters. The van der Waals surface area contributed by atoms with E-state index in [1.54, 1.807) is 6.08 Å². The van der Waals surface area contributed by atoms with E-state index in [2.05, 4.69) is 0 Å². The minimum absolute atomic E-state index is 0.0510. The van der Waals surface area contributed by atoms with E-state index in [1.807, 2.05) is 30.3 Å². The summed E-state index contributed by atoms with van der Waals surface area (Å²) in [6, 6.07) is 9.24. The summed E-state index contributed by atoms with van der Waals surface area (Å²) >= 11 is 0. The first kappa shape index (κ1) is 19.9. The number of benzene rings is 1. The number of hydrogen-bond acceptors (Lipinski definition) is 7. The normalized spacial score (nSPS) is 29.8. The van der Waals surface area contributed by atoms with E-state index in [-0.39, 0.29) is 25.2 Å². The minimum atomic E-state index is -1.59. The van der Waals surface area contributed by atoms with Crippen LogP contribution in [0.1, 0.15) is 44.1 Å². The summed E-state index contributed by atoms with van der Waals surface area (Å²) in [6.07, 6.45) is 6.74. The topological polar surface area (TPSA) is 80.3 Å². The highest BCUT2D eigenvalue weighted by molar-refractivity contribution is 5.85. The van der Waals surface area contributed by atoms with Crippen LogP contribution in [-0.2, 0) is 35.1 Å². The van der Waals surface area contributed by atoms with Crippen molar-refractivity contribution >= 4 is 12.1 Å². The Morgan fingerprint density at radius 2 is 1.86 bits per heavy atom. The molecule has 1 aromatic carbocycles. The van der Waals surface area contributed by atoms with Gasteiger partial charge in [-0.25, -0.2) is 9.59 Å². The highest BCUT2D eigenvalue weighted by Crippen LogP contribution is 2.45. The summed E-state index contributed by atoms with van der Waals surface area (Å²) in [5, 5.41) is 0. The molecule has 3 aliphatic rings. The molecule has 1 aliphatic heterocycles. The lowest BCUT2D eigenvalue weighted by Crippen LogP contribution is -2.49. The van der Waals surface area contributed by atoms with Gasteiger partial charge in [-0.05, 0) is 24.5 Å². The molecule has 2 aliphatic carbocycles. The predicted molar refractivity (Wildman–Crippen MR) is 102 cm³/mol. The number of carbonyl (C=O) groups is 2. The minimum Gasteiger partial charge on any atom is -0.466 e. The van der Waals surface area contributed by atoms with Crippen molar-refractivity contribution in [2.75, 3.05) is 7.11 Å². The molecule has 1 spiro atoms. The van der Waals surface area contributed by atoms with E-state index < -0.39 is 23.5 Å². The lowest BCUT2D eigenvalue weighted by molar-refractivity contribution is -0.195. The van der Waals surface area contributed by atoms with Gasteiger partial charge < -0.3 is 23.7 Å². The van der Waals surface area contributed by atoms with Crippen molar-refractivity contribution in [1.82, 2.24) is 0 Å². The Morgan fingerprint density at radius 1 is 1.10 bits per heavy atom. The molecule has 1 saturated heterocycles. The summed E-state index contributed by atoms with van der Waals surface area (Å²) in [5.74, 6) is -1.27. The summed E-state index contributed by atoms with van der Waals surface area (Å²) < 4.78 is 28.0. The summed E-state index contributed by atoms with van der Waals surface area (Å²) in [7, 11) is 1.26. The molecule has 29 heavy (non-hydrogen) atoms. The molecule has 1 saturated carbocycles. The smallest absolute Gasteiger partial charge is 0.466 e. The molecule has 0 aromatic heterocycles. The Hall–Kier alpha value is -2.38. The molecule has 0 bridgehead atoms. The molecule has 1 aromatic rings. The number of methoxy groups -OCH3 is 1. The molecule has 156 valence electrons.